The Morgan fingerprint density at radius 2 is 1.74 bits per heavy atom. The van der Waals surface area contributed by atoms with Crippen molar-refractivity contribution in [1.82, 2.24) is 14.8 Å². The molecule has 0 bridgehead atoms. The van der Waals surface area contributed by atoms with Crippen molar-refractivity contribution in [2.24, 2.45) is 0 Å². The number of aromatic carboxylic acids is 1. The quantitative estimate of drug-likeness (QED) is 0.722. The van der Waals surface area contributed by atoms with Gasteiger partial charge in [0, 0.05) is 18.4 Å². The number of rotatable bonds is 5. The molecule has 0 aliphatic rings. The zero-order valence-electron chi connectivity index (χ0n) is 16.2. The number of aryl methyl sites for hydroxylation is 1. The van der Waals surface area contributed by atoms with Crippen molar-refractivity contribution in [3.05, 3.63) is 71.3 Å². The summed E-state index contributed by atoms with van der Waals surface area (Å²) in [5.74, 6) is 0.882. The molecule has 0 amide bonds. The first kappa shape index (κ1) is 18.8. The van der Waals surface area contributed by atoms with Gasteiger partial charge in [-0.2, -0.15) is 5.10 Å². The number of benzene rings is 2. The number of hydrogen-bond donors (Lipinski definition) is 1. The molecule has 140 valence electrons. The number of carboxylic acid groups (broad SMARTS) is 1. The topological polar surface area (TPSA) is 68.0 Å². The Kier molecular flexibility index (Phi) is 5.13. The lowest BCUT2D eigenvalue weighted by Gasteiger charge is -2.12. The molecule has 0 spiro atoms. The summed E-state index contributed by atoms with van der Waals surface area (Å²) in [6.07, 6.45) is 0.692. The van der Waals surface area contributed by atoms with Gasteiger partial charge in [-0.25, -0.2) is 14.5 Å². The second-order valence-electron chi connectivity index (χ2n) is 7.64. The molecule has 3 rings (SSSR count). The normalized spacial score (nSPS) is 11.6. The molecule has 1 heterocycles. The molecule has 0 saturated carbocycles. The summed E-state index contributed by atoms with van der Waals surface area (Å²) < 4.78 is 1.95. The van der Waals surface area contributed by atoms with Gasteiger partial charge in [0.05, 0.1) is 5.56 Å². The first-order chi connectivity index (χ1) is 12.8. The second-order valence-corrected chi connectivity index (χ2v) is 7.64. The summed E-state index contributed by atoms with van der Waals surface area (Å²) in [6.45, 7) is 9.18. The van der Waals surface area contributed by atoms with Gasteiger partial charge in [-0.05, 0) is 29.7 Å². The molecule has 0 saturated heterocycles. The summed E-state index contributed by atoms with van der Waals surface area (Å²) in [4.78, 5) is 16.2. The largest absolute Gasteiger partial charge is 0.478 e. The molecule has 3 aromatic rings. The van der Waals surface area contributed by atoms with Crippen LogP contribution in [-0.4, -0.2) is 25.8 Å². The third kappa shape index (κ3) is 4.08. The summed E-state index contributed by atoms with van der Waals surface area (Å²) in [7, 11) is 0. The van der Waals surface area contributed by atoms with Crippen molar-refractivity contribution in [2.75, 3.05) is 0 Å². The number of hydrogen-bond acceptors (Lipinski definition) is 3. The van der Waals surface area contributed by atoms with E-state index in [4.69, 9.17) is 4.98 Å². The Morgan fingerprint density at radius 1 is 1.07 bits per heavy atom. The van der Waals surface area contributed by atoms with Crippen LogP contribution in [0.4, 0.5) is 0 Å². The van der Waals surface area contributed by atoms with Gasteiger partial charge in [0.1, 0.15) is 5.82 Å². The first-order valence-corrected chi connectivity index (χ1v) is 9.15. The summed E-state index contributed by atoms with van der Waals surface area (Å²) in [5, 5.41) is 14.0. The highest BCUT2D eigenvalue weighted by molar-refractivity contribution is 5.95. The molecular weight excluding hydrogens is 338 g/mol. The van der Waals surface area contributed by atoms with Crippen molar-refractivity contribution in [2.45, 2.75) is 46.1 Å². The Labute approximate surface area is 159 Å². The number of nitrogens with zero attached hydrogens (tertiary/aromatic N) is 3. The maximum Gasteiger partial charge on any atom is 0.336 e. The van der Waals surface area contributed by atoms with E-state index in [1.807, 2.05) is 41.1 Å². The predicted molar refractivity (Wildman–Crippen MR) is 106 cm³/mol. The number of aromatic nitrogens is 3. The predicted octanol–water partition coefficient (Wildman–Crippen LogP) is 4.55. The van der Waals surface area contributed by atoms with Gasteiger partial charge >= 0.3 is 5.97 Å². The van der Waals surface area contributed by atoms with Gasteiger partial charge in [0.2, 0.25) is 0 Å². The highest BCUT2D eigenvalue weighted by Gasteiger charge is 2.21. The van der Waals surface area contributed by atoms with Gasteiger partial charge < -0.3 is 5.11 Å². The van der Waals surface area contributed by atoms with Crippen LogP contribution in [0, 0.1) is 0 Å². The number of carboxylic acids is 1. The zero-order chi connectivity index (χ0) is 19.6. The van der Waals surface area contributed by atoms with Crippen molar-refractivity contribution < 1.29 is 9.90 Å². The average molecular weight is 363 g/mol. The maximum absolute atomic E-state index is 11.4. The van der Waals surface area contributed by atoms with E-state index in [2.05, 4.69) is 32.8 Å². The molecule has 1 aromatic heterocycles. The molecule has 1 N–H and O–H groups in total. The molecule has 5 heteroatoms. The van der Waals surface area contributed by atoms with Crippen LogP contribution in [0.2, 0.25) is 0 Å². The maximum atomic E-state index is 11.4. The highest BCUT2D eigenvalue weighted by atomic mass is 16.4. The van der Waals surface area contributed by atoms with E-state index < -0.39 is 5.97 Å². The molecule has 0 radical (unpaired) electrons. The van der Waals surface area contributed by atoms with Gasteiger partial charge in [0.15, 0.2) is 5.82 Å². The minimum atomic E-state index is -0.916. The molecular formula is C22H25N3O2. The average Bonchev–Trinajstić information content (AvgIpc) is 3.05. The Balaban J connectivity index is 1.87. The van der Waals surface area contributed by atoms with E-state index in [9.17, 15) is 9.90 Å². The summed E-state index contributed by atoms with van der Waals surface area (Å²) in [6, 6.07) is 15.0. The van der Waals surface area contributed by atoms with Gasteiger partial charge in [-0.15, -0.1) is 0 Å². The van der Waals surface area contributed by atoms with Crippen LogP contribution in [0.3, 0.4) is 0 Å². The first-order valence-electron chi connectivity index (χ1n) is 9.15. The third-order valence-electron chi connectivity index (χ3n) is 4.50. The Hall–Kier alpha value is -2.95. The lowest BCUT2D eigenvalue weighted by Crippen LogP contribution is -2.14. The van der Waals surface area contributed by atoms with Crippen LogP contribution in [0.15, 0.2) is 48.5 Å². The van der Waals surface area contributed by atoms with E-state index in [-0.39, 0.29) is 5.41 Å². The molecule has 5 nitrogen and oxygen atoms in total. The lowest BCUT2D eigenvalue weighted by atomic mass is 9.96. The fourth-order valence-electron chi connectivity index (χ4n) is 2.98. The number of carbonyl (C=O) groups is 1. The SMILES string of the molecule is CCn1nc(C(C)(C)C)nc1Cc1ccc(-c2ccccc2C(=O)O)cc1. The van der Waals surface area contributed by atoms with Crippen LogP contribution in [-0.2, 0) is 18.4 Å². The minimum absolute atomic E-state index is 0.0838. The standard InChI is InChI=1S/C22H25N3O2/c1-5-25-19(23-21(24-25)22(2,3)4)14-15-10-12-16(13-11-15)17-8-6-7-9-18(17)20(26)27/h6-13H,5,14H2,1-4H3,(H,26,27). The van der Waals surface area contributed by atoms with E-state index in [1.165, 1.54) is 0 Å². The van der Waals surface area contributed by atoms with Crippen LogP contribution in [0.25, 0.3) is 11.1 Å². The Morgan fingerprint density at radius 3 is 2.33 bits per heavy atom. The molecule has 0 fully saturated rings. The van der Waals surface area contributed by atoms with E-state index >= 15 is 0 Å². The highest BCUT2D eigenvalue weighted by Crippen LogP contribution is 2.25. The van der Waals surface area contributed by atoms with Gasteiger partial charge in [-0.1, -0.05) is 63.2 Å². The molecule has 27 heavy (non-hydrogen) atoms. The second kappa shape index (κ2) is 7.35. The van der Waals surface area contributed by atoms with Crippen molar-refractivity contribution in [3.8, 4) is 11.1 Å². The van der Waals surface area contributed by atoms with Crippen molar-refractivity contribution >= 4 is 5.97 Å². The lowest BCUT2D eigenvalue weighted by molar-refractivity contribution is 0.0697. The van der Waals surface area contributed by atoms with E-state index in [0.29, 0.717) is 12.0 Å². The molecule has 2 aromatic carbocycles. The van der Waals surface area contributed by atoms with Crippen LogP contribution < -0.4 is 0 Å². The van der Waals surface area contributed by atoms with Crippen molar-refractivity contribution in [3.63, 3.8) is 0 Å². The molecule has 0 aliphatic heterocycles. The fraction of sp³-hybridized carbons (Fsp3) is 0.318. The van der Waals surface area contributed by atoms with Crippen molar-refractivity contribution in [1.29, 1.82) is 0 Å². The fourth-order valence-corrected chi connectivity index (χ4v) is 2.98. The van der Waals surface area contributed by atoms with Gasteiger partial charge in [0.25, 0.3) is 0 Å². The van der Waals surface area contributed by atoms with E-state index in [1.54, 1.807) is 12.1 Å². The van der Waals surface area contributed by atoms with Crippen LogP contribution in [0.5, 0.6) is 0 Å². The summed E-state index contributed by atoms with van der Waals surface area (Å²) in [5.41, 5.74) is 2.96. The molecule has 0 atom stereocenters. The smallest absolute Gasteiger partial charge is 0.336 e. The molecule has 0 aliphatic carbocycles. The minimum Gasteiger partial charge on any atom is -0.478 e. The summed E-state index contributed by atoms with van der Waals surface area (Å²) >= 11 is 0. The zero-order valence-corrected chi connectivity index (χ0v) is 16.2. The third-order valence-corrected chi connectivity index (χ3v) is 4.50. The van der Waals surface area contributed by atoms with Crippen LogP contribution in [0.1, 0.15) is 55.3 Å². The monoisotopic (exact) mass is 363 g/mol. The molecule has 0 unspecified atom stereocenters. The van der Waals surface area contributed by atoms with Crippen LogP contribution >= 0.6 is 0 Å². The Bertz CT molecular complexity index is 950. The van der Waals surface area contributed by atoms with Gasteiger partial charge in [-0.3, -0.25) is 0 Å². The van der Waals surface area contributed by atoms with E-state index in [0.717, 1.165) is 34.9 Å².